The van der Waals surface area contributed by atoms with Crippen LogP contribution >= 0.6 is 39.0 Å². The van der Waals surface area contributed by atoms with Gasteiger partial charge in [0.1, 0.15) is 23.3 Å². The third-order valence-corrected chi connectivity index (χ3v) is 9.57. The molecule has 2 N–H and O–H groups in total. The maximum absolute atomic E-state index is 13.7. The van der Waals surface area contributed by atoms with Gasteiger partial charge >= 0.3 is 4.87 Å². The Morgan fingerprint density at radius 2 is 1.76 bits per heavy atom. The van der Waals surface area contributed by atoms with Crippen molar-refractivity contribution in [3.63, 3.8) is 0 Å². The molecule has 9 nitrogen and oxygen atoms in total. The number of thioether (sulfide) groups is 1. The smallest absolute Gasteiger partial charge is 0.308 e. The van der Waals surface area contributed by atoms with Gasteiger partial charge in [0.2, 0.25) is 17.7 Å². The highest BCUT2D eigenvalue weighted by Gasteiger charge is 2.57. The number of imide groups is 1. The SMILES string of the molecule is O=C(Cn1c2c(sc1=O)[C@@H](c1ccco1)[C@@H]1C(=O)N(c3ccc(Br)cc3)C(=O)[C@@H]1S2)Nc1ccc(O)cc1. The molecule has 6 rings (SSSR count). The second-order valence-electron chi connectivity index (χ2n) is 8.76. The number of aromatic hydroxyl groups is 1. The standard InChI is InChI=1S/C26H18BrN3O6S2/c27-13-3-7-15(8-4-13)30-23(33)20-19(17-2-1-11-36-17)22-25(37-21(20)24(30)34)29(26(35)38-22)12-18(32)28-14-5-9-16(31)10-6-14/h1-11,19-21,31H,12H2,(H,28,32)/t19-,20-,21+/m0/s1. The van der Waals surface area contributed by atoms with Crippen LogP contribution in [0.3, 0.4) is 0 Å². The van der Waals surface area contributed by atoms with E-state index < -0.39 is 23.0 Å². The number of amides is 3. The van der Waals surface area contributed by atoms with Gasteiger partial charge in [-0.15, -0.1) is 0 Å². The third kappa shape index (κ3) is 4.18. The molecule has 2 aliphatic heterocycles. The number of benzene rings is 2. The molecule has 0 bridgehead atoms. The monoisotopic (exact) mass is 611 g/mol. The Kier molecular flexibility index (Phi) is 6.25. The number of halogens is 1. The summed E-state index contributed by atoms with van der Waals surface area (Å²) >= 11 is 5.46. The van der Waals surface area contributed by atoms with E-state index in [-0.39, 0.29) is 29.0 Å². The minimum Gasteiger partial charge on any atom is -0.508 e. The zero-order valence-electron chi connectivity index (χ0n) is 19.4. The summed E-state index contributed by atoms with van der Waals surface area (Å²) in [4.78, 5) is 54.7. The van der Waals surface area contributed by atoms with Crippen LogP contribution in [-0.2, 0) is 20.9 Å². The van der Waals surface area contributed by atoms with E-state index in [0.29, 0.717) is 27.0 Å². The van der Waals surface area contributed by atoms with Crippen LogP contribution in [0.25, 0.3) is 0 Å². The van der Waals surface area contributed by atoms with Gasteiger partial charge in [0, 0.05) is 10.2 Å². The first-order valence-electron chi connectivity index (χ1n) is 11.5. The normalized spacial score (nSPS) is 20.3. The Balaban J connectivity index is 1.38. The highest BCUT2D eigenvalue weighted by Crippen LogP contribution is 2.53. The van der Waals surface area contributed by atoms with Crippen molar-refractivity contribution in [2.24, 2.45) is 5.92 Å². The van der Waals surface area contributed by atoms with Gasteiger partial charge in [0.05, 0.1) is 33.7 Å². The van der Waals surface area contributed by atoms with Gasteiger partial charge in [0.15, 0.2) is 0 Å². The summed E-state index contributed by atoms with van der Waals surface area (Å²) < 4.78 is 7.85. The lowest BCUT2D eigenvalue weighted by Gasteiger charge is -2.29. The van der Waals surface area contributed by atoms with Gasteiger partial charge in [-0.2, -0.15) is 0 Å². The summed E-state index contributed by atoms with van der Waals surface area (Å²) in [7, 11) is 0. The van der Waals surface area contributed by atoms with Crippen molar-refractivity contribution < 1.29 is 23.9 Å². The van der Waals surface area contributed by atoms with Crippen LogP contribution in [0.2, 0.25) is 0 Å². The summed E-state index contributed by atoms with van der Waals surface area (Å²) in [6, 6.07) is 16.3. The van der Waals surface area contributed by atoms with E-state index in [1.165, 1.54) is 27.9 Å². The van der Waals surface area contributed by atoms with Gasteiger partial charge in [-0.3, -0.25) is 23.7 Å². The second-order valence-corrected chi connectivity index (χ2v) is 11.8. The van der Waals surface area contributed by atoms with Crippen LogP contribution in [0.15, 0.2) is 85.6 Å². The van der Waals surface area contributed by atoms with E-state index in [1.807, 2.05) is 0 Å². The zero-order valence-corrected chi connectivity index (χ0v) is 22.6. The second kappa shape index (κ2) is 9.61. The topological polar surface area (TPSA) is 122 Å². The number of hydrogen-bond donors (Lipinski definition) is 2. The summed E-state index contributed by atoms with van der Waals surface area (Å²) in [5, 5.41) is 11.9. The molecule has 1 fully saturated rings. The molecule has 192 valence electrons. The van der Waals surface area contributed by atoms with Crippen LogP contribution in [0.5, 0.6) is 5.75 Å². The average Bonchev–Trinajstić information content (AvgIpc) is 3.59. The quantitative estimate of drug-likeness (QED) is 0.253. The fourth-order valence-electron chi connectivity index (χ4n) is 4.76. The van der Waals surface area contributed by atoms with Crippen LogP contribution in [0.4, 0.5) is 11.4 Å². The number of anilines is 2. The molecule has 0 aliphatic carbocycles. The van der Waals surface area contributed by atoms with E-state index in [0.717, 1.165) is 27.6 Å². The van der Waals surface area contributed by atoms with Crippen molar-refractivity contribution in [1.82, 2.24) is 4.57 Å². The fraction of sp³-hybridized carbons (Fsp3) is 0.154. The van der Waals surface area contributed by atoms with E-state index in [9.17, 15) is 24.3 Å². The number of nitrogens with zero attached hydrogens (tertiary/aromatic N) is 2. The van der Waals surface area contributed by atoms with Crippen molar-refractivity contribution in [2.45, 2.75) is 22.7 Å². The van der Waals surface area contributed by atoms with Crippen molar-refractivity contribution in [1.29, 1.82) is 0 Å². The van der Waals surface area contributed by atoms with Crippen LogP contribution in [0, 0.1) is 5.92 Å². The number of fused-ring (bicyclic) bond motifs is 2. The van der Waals surface area contributed by atoms with Gasteiger partial charge in [0.25, 0.3) is 0 Å². The van der Waals surface area contributed by atoms with E-state index >= 15 is 0 Å². The maximum Gasteiger partial charge on any atom is 0.308 e. The van der Waals surface area contributed by atoms with Crippen LogP contribution in [-0.4, -0.2) is 32.6 Å². The molecule has 0 radical (unpaired) electrons. The summed E-state index contributed by atoms with van der Waals surface area (Å²) in [6.45, 7) is -0.278. The van der Waals surface area contributed by atoms with Crippen molar-refractivity contribution in [2.75, 3.05) is 10.2 Å². The molecule has 0 saturated carbocycles. The molecule has 0 spiro atoms. The molecular formula is C26H18BrN3O6S2. The number of carbonyl (C=O) groups excluding carboxylic acids is 3. The Morgan fingerprint density at radius 3 is 2.45 bits per heavy atom. The number of furan rings is 1. The molecule has 2 aromatic carbocycles. The van der Waals surface area contributed by atoms with E-state index in [2.05, 4.69) is 21.2 Å². The first-order valence-corrected chi connectivity index (χ1v) is 14.0. The van der Waals surface area contributed by atoms with Crippen LogP contribution in [0.1, 0.15) is 16.6 Å². The predicted molar refractivity (Wildman–Crippen MR) is 146 cm³/mol. The molecule has 0 unspecified atom stereocenters. The average molecular weight is 612 g/mol. The lowest BCUT2D eigenvalue weighted by atomic mass is 9.87. The number of rotatable bonds is 5. The highest BCUT2D eigenvalue weighted by atomic mass is 79.9. The van der Waals surface area contributed by atoms with Crippen LogP contribution < -0.4 is 15.1 Å². The van der Waals surface area contributed by atoms with E-state index in [1.54, 1.807) is 48.5 Å². The summed E-state index contributed by atoms with van der Waals surface area (Å²) in [5.41, 5.74) is 0.929. The molecule has 2 aromatic heterocycles. The lowest BCUT2D eigenvalue weighted by molar-refractivity contribution is -0.122. The zero-order chi connectivity index (χ0) is 26.6. The first-order chi connectivity index (χ1) is 18.3. The van der Waals surface area contributed by atoms with Gasteiger partial charge in [-0.05, 0) is 60.7 Å². The Bertz CT molecular complexity index is 1610. The minimum absolute atomic E-state index is 0.0639. The van der Waals surface area contributed by atoms with Gasteiger partial charge in [-0.25, -0.2) is 4.90 Å². The maximum atomic E-state index is 13.7. The molecule has 4 heterocycles. The molecule has 12 heteroatoms. The number of phenols is 1. The van der Waals surface area contributed by atoms with Crippen molar-refractivity contribution in [3.05, 3.63) is 91.7 Å². The van der Waals surface area contributed by atoms with Gasteiger partial charge < -0.3 is 14.8 Å². The highest BCUT2D eigenvalue weighted by molar-refractivity contribution is 9.10. The Morgan fingerprint density at radius 1 is 1.03 bits per heavy atom. The summed E-state index contributed by atoms with van der Waals surface area (Å²) in [6.07, 6.45) is 1.49. The molecule has 38 heavy (non-hydrogen) atoms. The number of thiazole rings is 1. The predicted octanol–water partition coefficient (Wildman–Crippen LogP) is 4.41. The summed E-state index contributed by atoms with van der Waals surface area (Å²) in [5.74, 6) is -2.07. The molecule has 4 aromatic rings. The van der Waals surface area contributed by atoms with Crippen molar-refractivity contribution in [3.8, 4) is 5.75 Å². The molecule has 3 atom stereocenters. The van der Waals surface area contributed by atoms with E-state index in [4.69, 9.17) is 4.42 Å². The van der Waals surface area contributed by atoms with Crippen molar-refractivity contribution >= 4 is 68.1 Å². The third-order valence-electron chi connectivity index (χ3n) is 6.44. The molecular weight excluding hydrogens is 594 g/mol. The largest absolute Gasteiger partial charge is 0.508 e. The minimum atomic E-state index is -0.797. The fourth-order valence-corrected chi connectivity index (χ4v) is 7.78. The number of carbonyl (C=O) groups is 3. The Hall–Kier alpha value is -3.61. The molecule has 3 amide bonds. The number of nitrogens with one attached hydrogen (secondary N) is 1. The number of hydrogen-bond acceptors (Lipinski definition) is 8. The van der Waals surface area contributed by atoms with Gasteiger partial charge in [-0.1, -0.05) is 39.0 Å². The number of phenolic OH excluding ortho intramolecular Hbond substituents is 1. The number of aromatic nitrogens is 1. The molecule has 1 saturated heterocycles. The lowest BCUT2D eigenvalue weighted by Crippen LogP contribution is -2.32. The molecule has 2 aliphatic rings. The Labute approximate surface area is 232 Å². The first kappa shape index (κ1) is 24.7.